The quantitative estimate of drug-likeness (QED) is 0.247. The van der Waals surface area contributed by atoms with Gasteiger partial charge in [0.1, 0.15) is 29.2 Å². The fourth-order valence-electron chi connectivity index (χ4n) is 5.31. The Bertz CT molecular complexity index is 1480. The molecule has 0 unspecified atom stereocenters. The van der Waals surface area contributed by atoms with E-state index in [1.54, 1.807) is 15.5 Å². The van der Waals surface area contributed by atoms with E-state index in [0.717, 1.165) is 30.5 Å². The summed E-state index contributed by atoms with van der Waals surface area (Å²) in [5, 5.41) is 22.9. The third-order valence-electron chi connectivity index (χ3n) is 7.18. The Hall–Kier alpha value is -4.44. The number of hydrogen-bond donors (Lipinski definition) is 1. The Morgan fingerprint density at radius 1 is 1.22 bits per heavy atom. The van der Waals surface area contributed by atoms with E-state index in [4.69, 9.17) is 20.8 Å². The molecule has 188 valence electrons. The van der Waals surface area contributed by atoms with Crippen molar-refractivity contribution in [3.8, 4) is 18.1 Å². The zero-order valence-corrected chi connectivity index (χ0v) is 21.2. The predicted octanol–water partition coefficient (Wildman–Crippen LogP) is 3.37. The van der Waals surface area contributed by atoms with E-state index in [-0.39, 0.29) is 17.6 Å². The van der Waals surface area contributed by atoms with Crippen molar-refractivity contribution in [1.29, 1.82) is 10.5 Å². The first-order valence-electron chi connectivity index (χ1n) is 12.3. The summed E-state index contributed by atoms with van der Waals surface area (Å²) in [5.74, 6) is 6.34. The van der Waals surface area contributed by atoms with Gasteiger partial charge in [-0.25, -0.2) is 4.98 Å². The lowest BCUT2D eigenvalue weighted by atomic mass is 9.88. The van der Waals surface area contributed by atoms with Gasteiger partial charge in [0.2, 0.25) is 5.88 Å². The highest BCUT2D eigenvalue weighted by Gasteiger charge is 2.42. The fraction of sp³-hybridized carbons (Fsp3) is 0.407. The summed E-state index contributed by atoms with van der Waals surface area (Å²) in [7, 11) is 0. The van der Waals surface area contributed by atoms with Gasteiger partial charge < -0.3 is 15.5 Å². The van der Waals surface area contributed by atoms with Crippen LogP contribution in [0.15, 0.2) is 46.8 Å². The first-order chi connectivity index (χ1) is 17.8. The summed E-state index contributed by atoms with van der Waals surface area (Å²) in [6.07, 6.45) is 7.63. The molecule has 1 saturated heterocycles. The summed E-state index contributed by atoms with van der Waals surface area (Å²) < 4.78 is 8.36. The number of nitrogens with zero attached hydrogens (tertiary/aromatic N) is 8. The molecular formula is C27H29N9O. The number of fused-ring (bicyclic) bond motifs is 2. The molecule has 0 amide bonds. The fourth-order valence-corrected chi connectivity index (χ4v) is 5.31. The highest BCUT2D eigenvalue weighted by Crippen LogP contribution is 2.46. The summed E-state index contributed by atoms with van der Waals surface area (Å²) in [5.41, 5.74) is 4.71. The second-order valence-corrected chi connectivity index (χ2v) is 10.3. The van der Waals surface area contributed by atoms with Gasteiger partial charge in [-0.05, 0) is 43.9 Å². The van der Waals surface area contributed by atoms with E-state index in [1.165, 1.54) is 6.20 Å². The number of piperidine rings is 1. The molecule has 0 radical (unpaired) electrons. The number of likely N-dealkylation sites (tertiary alicyclic amines) is 1. The topological polar surface area (TPSA) is 141 Å². The normalized spacial score (nSPS) is 19.9. The maximum atomic E-state index is 9.74. The molecule has 0 bridgehead atoms. The van der Waals surface area contributed by atoms with Gasteiger partial charge in [0.05, 0.1) is 23.6 Å². The molecule has 0 saturated carbocycles. The first kappa shape index (κ1) is 24.3. The van der Waals surface area contributed by atoms with Gasteiger partial charge in [-0.2, -0.15) is 15.6 Å². The molecule has 37 heavy (non-hydrogen) atoms. The van der Waals surface area contributed by atoms with Crippen molar-refractivity contribution in [3.63, 3.8) is 0 Å². The van der Waals surface area contributed by atoms with E-state index in [2.05, 4.69) is 47.2 Å². The van der Waals surface area contributed by atoms with Crippen LogP contribution in [0.2, 0.25) is 0 Å². The molecule has 1 aliphatic carbocycles. The van der Waals surface area contributed by atoms with Gasteiger partial charge in [-0.15, -0.1) is 0 Å². The molecular weight excluding hydrogens is 466 g/mol. The molecule has 1 atom stereocenters. The minimum Gasteiger partial charge on any atom is -0.468 e. The van der Waals surface area contributed by atoms with Crippen LogP contribution in [0, 0.1) is 28.2 Å². The lowest BCUT2D eigenvalue weighted by molar-refractivity contribution is 0.0813. The van der Waals surface area contributed by atoms with Crippen molar-refractivity contribution in [2.24, 2.45) is 21.4 Å². The first-order valence-corrected chi connectivity index (χ1v) is 12.3. The minimum atomic E-state index is -0.311. The second kappa shape index (κ2) is 9.55. The van der Waals surface area contributed by atoms with Gasteiger partial charge in [0.15, 0.2) is 6.19 Å². The maximum Gasteiger partial charge on any atom is 0.201 e. The number of imidazole rings is 1. The summed E-state index contributed by atoms with van der Waals surface area (Å²) in [6, 6.07) is 10.00. The average molecular weight is 496 g/mol. The Kier molecular flexibility index (Phi) is 6.26. The standard InChI is InChI=1S/C27H29N9O/c1-17(33-20-6-9-35(16-29)10-7-20)24(34-30)19-11-22-32-15-21(14-28)36(22)23(12-19)37-26-25-18(5-4-8-31-25)13-27(26,2)3/h4-5,8,11-12,15,20,26H,6-7,9-10,13,30H2,1-3H3/b33-17?,34-24+/t26-/m0/s1. The molecule has 1 fully saturated rings. The Morgan fingerprint density at radius 2 is 2.00 bits per heavy atom. The van der Waals surface area contributed by atoms with Crippen LogP contribution in [0.1, 0.15) is 62.2 Å². The summed E-state index contributed by atoms with van der Waals surface area (Å²) in [4.78, 5) is 15.7. The molecule has 0 aromatic carbocycles. The van der Waals surface area contributed by atoms with Crippen molar-refractivity contribution in [2.75, 3.05) is 13.1 Å². The average Bonchev–Trinajstić information content (AvgIpc) is 3.42. The van der Waals surface area contributed by atoms with Crippen LogP contribution in [0.5, 0.6) is 5.88 Å². The number of hydrazone groups is 1. The SMILES string of the molecule is CC(=NC1CCN(C#N)CC1)/C(=N\N)c1cc(O[C@H]2c3ncccc3CC2(C)C)n2c(C#N)cnc2c1. The molecule has 10 nitrogen and oxygen atoms in total. The molecule has 4 heterocycles. The molecule has 1 aliphatic heterocycles. The van der Waals surface area contributed by atoms with Crippen molar-refractivity contribution in [2.45, 2.75) is 52.2 Å². The molecule has 2 N–H and O–H groups in total. The molecule has 10 heteroatoms. The van der Waals surface area contributed by atoms with Gasteiger partial charge in [-0.1, -0.05) is 19.9 Å². The maximum absolute atomic E-state index is 9.74. The number of nitrogens with two attached hydrogens (primary N) is 1. The zero-order valence-electron chi connectivity index (χ0n) is 21.2. The van der Waals surface area contributed by atoms with Gasteiger partial charge in [-0.3, -0.25) is 14.4 Å². The van der Waals surface area contributed by atoms with Crippen LogP contribution in [0.3, 0.4) is 0 Å². The number of ether oxygens (including phenoxy) is 1. The van der Waals surface area contributed by atoms with Crippen LogP contribution in [-0.2, 0) is 6.42 Å². The van der Waals surface area contributed by atoms with E-state index in [9.17, 15) is 5.26 Å². The molecule has 0 spiro atoms. The van der Waals surface area contributed by atoms with Crippen LogP contribution >= 0.6 is 0 Å². The number of hydrogen-bond acceptors (Lipinski definition) is 9. The van der Waals surface area contributed by atoms with Gasteiger partial charge in [0, 0.05) is 36.3 Å². The van der Waals surface area contributed by atoms with Crippen LogP contribution in [0.25, 0.3) is 5.65 Å². The Labute approximate surface area is 215 Å². The monoisotopic (exact) mass is 495 g/mol. The molecule has 2 aliphatic rings. The Morgan fingerprint density at radius 3 is 2.70 bits per heavy atom. The number of pyridine rings is 2. The van der Waals surface area contributed by atoms with E-state index < -0.39 is 0 Å². The van der Waals surface area contributed by atoms with Crippen molar-refractivity contribution in [3.05, 3.63) is 59.2 Å². The highest BCUT2D eigenvalue weighted by atomic mass is 16.5. The second-order valence-electron chi connectivity index (χ2n) is 10.3. The Balaban J connectivity index is 1.54. The van der Waals surface area contributed by atoms with Gasteiger partial charge >= 0.3 is 0 Å². The summed E-state index contributed by atoms with van der Waals surface area (Å²) in [6.45, 7) is 7.57. The highest BCUT2D eigenvalue weighted by molar-refractivity contribution is 6.47. The van der Waals surface area contributed by atoms with E-state index >= 15 is 0 Å². The lowest BCUT2D eigenvalue weighted by Gasteiger charge is -2.28. The molecule has 3 aromatic heterocycles. The van der Waals surface area contributed by atoms with Crippen LogP contribution < -0.4 is 10.6 Å². The lowest BCUT2D eigenvalue weighted by Crippen LogP contribution is -2.32. The van der Waals surface area contributed by atoms with Crippen molar-refractivity contribution < 1.29 is 4.74 Å². The minimum absolute atomic E-state index is 0.0966. The molecule has 5 rings (SSSR count). The third kappa shape index (κ3) is 4.47. The number of nitriles is 2. The number of rotatable bonds is 5. The predicted molar refractivity (Wildman–Crippen MR) is 139 cm³/mol. The smallest absolute Gasteiger partial charge is 0.201 e. The number of aromatic nitrogens is 3. The summed E-state index contributed by atoms with van der Waals surface area (Å²) >= 11 is 0. The molecule has 3 aromatic rings. The third-order valence-corrected chi connectivity index (χ3v) is 7.18. The largest absolute Gasteiger partial charge is 0.468 e. The van der Waals surface area contributed by atoms with Gasteiger partial charge in [0.25, 0.3) is 0 Å². The van der Waals surface area contributed by atoms with Crippen molar-refractivity contribution in [1.82, 2.24) is 19.3 Å². The van der Waals surface area contributed by atoms with Crippen LogP contribution in [0.4, 0.5) is 0 Å². The van der Waals surface area contributed by atoms with E-state index in [1.807, 2.05) is 25.1 Å². The zero-order chi connectivity index (χ0) is 26.2. The van der Waals surface area contributed by atoms with Crippen LogP contribution in [-0.4, -0.2) is 49.8 Å². The van der Waals surface area contributed by atoms with Crippen molar-refractivity contribution >= 4 is 17.1 Å². The number of aliphatic imine (C=N–C) groups is 1. The van der Waals surface area contributed by atoms with E-state index in [0.29, 0.717) is 47.3 Å².